The fourth-order valence-electron chi connectivity index (χ4n) is 1.73. The molecule has 4 heteroatoms. The molecule has 0 saturated carbocycles. The largest absolute Gasteiger partial charge is 0.389 e. The van der Waals surface area contributed by atoms with E-state index in [4.69, 9.17) is 18.0 Å². The quantitative estimate of drug-likeness (QED) is 0.623. The zero-order valence-corrected chi connectivity index (χ0v) is 11.7. The van der Waals surface area contributed by atoms with Crippen LogP contribution in [0.4, 0.5) is 5.82 Å². The summed E-state index contributed by atoms with van der Waals surface area (Å²) >= 11 is 5.06. The van der Waals surface area contributed by atoms with Crippen LogP contribution in [-0.4, -0.2) is 23.6 Å². The summed E-state index contributed by atoms with van der Waals surface area (Å²) in [6, 6.07) is 3.90. The van der Waals surface area contributed by atoms with Crippen LogP contribution in [-0.2, 0) is 0 Å². The summed E-state index contributed by atoms with van der Waals surface area (Å²) in [6.45, 7) is 5.16. The lowest BCUT2D eigenvalue weighted by Gasteiger charge is -2.21. The fourth-order valence-corrected chi connectivity index (χ4v) is 1.89. The third-order valence-corrected chi connectivity index (χ3v) is 2.96. The van der Waals surface area contributed by atoms with E-state index in [2.05, 4.69) is 16.8 Å². The maximum Gasteiger partial charge on any atom is 0.138 e. The standard InChI is InChI=1S/C13H21N3S/c1-4-5-6-9-16(3)13-11(12(14)17)8-7-10(2)15-13/h7-8H,4-6,9H2,1-3H3,(H2,14,17). The van der Waals surface area contributed by atoms with Gasteiger partial charge in [0.2, 0.25) is 0 Å². The number of pyridine rings is 1. The first-order valence-electron chi connectivity index (χ1n) is 6.04. The Morgan fingerprint density at radius 3 is 2.71 bits per heavy atom. The third kappa shape index (κ3) is 3.97. The van der Waals surface area contributed by atoms with Crippen molar-refractivity contribution < 1.29 is 0 Å². The van der Waals surface area contributed by atoms with E-state index >= 15 is 0 Å². The van der Waals surface area contributed by atoms with Crippen LogP contribution in [0.15, 0.2) is 12.1 Å². The lowest BCUT2D eigenvalue weighted by molar-refractivity contribution is 0.700. The van der Waals surface area contributed by atoms with Crippen molar-refractivity contribution in [2.45, 2.75) is 33.1 Å². The number of anilines is 1. The maximum atomic E-state index is 5.72. The SMILES string of the molecule is CCCCCN(C)c1nc(C)ccc1C(N)=S. The van der Waals surface area contributed by atoms with E-state index in [-0.39, 0.29) is 0 Å². The van der Waals surface area contributed by atoms with Gasteiger partial charge in [-0.05, 0) is 25.5 Å². The normalized spacial score (nSPS) is 10.3. The van der Waals surface area contributed by atoms with Crippen molar-refractivity contribution in [1.82, 2.24) is 4.98 Å². The molecule has 0 fully saturated rings. The Hall–Kier alpha value is -1.16. The first-order valence-corrected chi connectivity index (χ1v) is 6.45. The van der Waals surface area contributed by atoms with E-state index in [1.165, 1.54) is 19.3 Å². The van der Waals surface area contributed by atoms with Gasteiger partial charge in [0.1, 0.15) is 10.8 Å². The highest BCUT2D eigenvalue weighted by Crippen LogP contribution is 2.18. The van der Waals surface area contributed by atoms with Crippen LogP contribution in [0.1, 0.15) is 37.4 Å². The van der Waals surface area contributed by atoms with Gasteiger partial charge in [-0.15, -0.1) is 0 Å². The van der Waals surface area contributed by atoms with Crippen LogP contribution < -0.4 is 10.6 Å². The minimum absolute atomic E-state index is 0.412. The van der Waals surface area contributed by atoms with E-state index in [1.54, 1.807) is 0 Å². The zero-order valence-electron chi connectivity index (χ0n) is 10.9. The molecule has 0 amide bonds. The van der Waals surface area contributed by atoms with Gasteiger partial charge in [0, 0.05) is 19.3 Å². The Morgan fingerprint density at radius 1 is 1.41 bits per heavy atom. The van der Waals surface area contributed by atoms with Crippen LogP contribution in [0.5, 0.6) is 0 Å². The van der Waals surface area contributed by atoms with E-state index in [0.29, 0.717) is 4.99 Å². The molecule has 17 heavy (non-hydrogen) atoms. The van der Waals surface area contributed by atoms with Gasteiger partial charge in [-0.2, -0.15) is 0 Å². The summed E-state index contributed by atoms with van der Waals surface area (Å²) in [5, 5.41) is 0. The Bertz CT molecular complexity index is 390. The highest BCUT2D eigenvalue weighted by Gasteiger charge is 2.11. The highest BCUT2D eigenvalue weighted by atomic mass is 32.1. The second-order valence-corrected chi connectivity index (χ2v) is 4.76. The molecule has 94 valence electrons. The summed E-state index contributed by atoms with van der Waals surface area (Å²) in [5.41, 5.74) is 7.58. The molecule has 0 aromatic carbocycles. The smallest absolute Gasteiger partial charge is 0.138 e. The summed E-state index contributed by atoms with van der Waals surface area (Å²) in [5.74, 6) is 0.897. The van der Waals surface area contributed by atoms with Crippen molar-refractivity contribution in [3.8, 4) is 0 Å². The molecule has 0 aliphatic rings. The molecule has 1 aromatic heterocycles. The van der Waals surface area contributed by atoms with Crippen molar-refractivity contribution in [3.63, 3.8) is 0 Å². The van der Waals surface area contributed by atoms with Crippen LogP contribution in [0.2, 0.25) is 0 Å². The van der Waals surface area contributed by atoms with Gasteiger partial charge in [0.15, 0.2) is 0 Å². The molecule has 0 aliphatic carbocycles. The van der Waals surface area contributed by atoms with E-state index in [0.717, 1.165) is 23.6 Å². The number of hydrogen-bond acceptors (Lipinski definition) is 3. The molecule has 1 aromatic rings. The minimum atomic E-state index is 0.412. The summed E-state index contributed by atoms with van der Waals surface area (Å²) in [7, 11) is 2.04. The molecule has 0 unspecified atom stereocenters. The molecule has 0 radical (unpaired) electrons. The lowest BCUT2D eigenvalue weighted by Crippen LogP contribution is -2.24. The molecular formula is C13H21N3S. The van der Waals surface area contributed by atoms with Crippen molar-refractivity contribution >= 4 is 23.0 Å². The molecule has 0 atom stereocenters. The summed E-state index contributed by atoms with van der Waals surface area (Å²) in [6.07, 6.45) is 3.62. The maximum absolute atomic E-state index is 5.72. The van der Waals surface area contributed by atoms with Gasteiger partial charge >= 0.3 is 0 Å². The summed E-state index contributed by atoms with van der Waals surface area (Å²) in [4.78, 5) is 7.08. The van der Waals surface area contributed by atoms with Gasteiger partial charge < -0.3 is 10.6 Å². The molecule has 0 aliphatic heterocycles. The predicted octanol–water partition coefficient (Wildman–Crippen LogP) is 2.65. The van der Waals surface area contributed by atoms with Crippen LogP contribution >= 0.6 is 12.2 Å². The number of aryl methyl sites for hydroxylation is 1. The molecular weight excluding hydrogens is 230 g/mol. The second kappa shape index (κ2) is 6.55. The first kappa shape index (κ1) is 13.9. The van der Waals surface area contributed by atoms with Crippen molar-refractivity contribution in [2.24, 2.45) is 5.73 Å². The van der Waals surface area contributed by atoms with Crippen LogP contribution in [0, 0.1) is 6.92 Å². The Labute approximate surface area is 109 Å². The van der Waals surface area contributed by atoms with E-state index in [1.807, 2.05) is 26.1 Å². The Kier molecular flexibility index (Phi) is 5.35. The number of rotatable bonds is 6. The number of thiocarbonyl (C=S) groups is 1. The number of hydrogen-bond donors (Lipinski definition) is 1. The number of nitrogens with zero attached hydrogens (tertiary/aromatic N) is 2. The molecule has 0 spiro atoms. The van der Waals surface area contributed by atoms with Crippen molar-refractivity contribution in [3.05, 3.63) is 23.4 Å². The second-order valence-electron chi connectivity index (χ2n) is 4.32. The topological polar surface area (TPSA) is 42.2 Å². The molecule has 0 saturated heterocycles. The molecule has 3 nitrogen and oxygen atoms in total. The van der Waals surface area contributed by atoms with Crippen LogP contribution in [0.25, 0.3) is 0 Å². The van der Waals surface area contributed by atoms with Crippen molar-refractivity contribution in [1.29, 1.82) is 0 Å². The molecule has 2 N–H and O–H groups in total. The van der Waals surface area contributed by atoms with E-state index < -0.39 is 0 Å². The Morgan fingerprint density at radius 2 is 2.12 bits per heavy atom. The predicted molar refractivity (Wildman–Crippen MR) is 77.7 cm³/mol. The van der Waals surface area contributed by atoms with Gasteiger partial charge in [-0.3, -0.25) is 0 Å². The fraction of sp³-hybridized carbons (Fsp3) is 0.538. The average Bonchev–Trinajstić information content (AvgIpc) is 2.28. The zero-order chi connectivity index (χ0) is 12.8. The highest BCUT2D eigenvalue weighted by molar-refractivity contribution is 7.80. The monoisotopic (exact) mass is 251 g/mol. The molecule has 1 heterocycles. The van der Waals surface area contributed by atoms with E-state index in [9.17, 15) is 0 Å². The van der Waals surface area contributed by atoms with Gasteiger partial charge in [-0.1, -0.05) is 32.0 Å². The number of nitrogens with two attached hydrogens (primary N) is 1. The van der Waals surface area contributed by atoms with Gasteiger partial charge in [0.25, 0.3) is 0 Å². The number of aromatic nitrogens is 1. The Balaban J connectivity index is 2.86. The minimum Gasteiger partial charge on any atom is -0.389 e. The van der Waals surface area contributed by atoms with Gasteiger partial charge in [-0.25, -0.2) is 4.98 Å². The van der Waals surface area contributed by atoms with Crippen molar-refractivity contribution in [2.75, 3.05) is 18.5 Å². The summed E-state index contributed by atoms with van der Waals surface area (Å²) < 4.78 is 0. The van der Waals surface area contributed by atoms with Crippen LogP contribution in [0.3, 0.4) is 0 Å². The number of unbranched alkanes of at least 4 members (excludes halogenated alkanes) is 2. The molecule has 0 bridgehead atoms. The third-order valence-electron chi connectivity index (χ3n) is 2.74. The lowest BCUT2D eigenvalue weighted by atomic mass is 10.2. The first-order chi connectivity index (χ1) is 8.06. The molecule has 1 rings (SSSR count). The van der Waals surface area contributed by atoms with Gasteiger partial charge in [0.05, 0.1) is 5.56 Å². The average molecular weight is 251 g/mol.